The second kappa shape index (κ2) is 8.62. The maximum Gasteiger partial charge on any atom is 0.397 e. The van der Waals surface area contributed by atoms with E-state index >= 15 is 0 Å². The molecule has 7 rings (SSSR count). The first-order valence-corrected chi connectivity index (χ1v) is 12.4. The average Bonchev–Trinajstić information content (AvgIpc) is 3.52. The molecule has 1 unspecified atom stereocenters. The van der Waals surface area contributed by atoms with Crippen LogP contribution in [0, 0.1) is 0 Å². The highest BCUT2D eigenvalue weighted by atomic mass is 15.2. The number of rotatable bonds is 4. The highest BCUT2D eigenvalue weighted by Gasteiger charge is 2.41. The Morgan fingerprint density at radius 1 is 0.528 bits per heavy atom. The number of fused-ring (bicyclic) bond motifs is 2. The lowest BCUT2D eigenvalue weighted by Gasteiger charge is -2.34. The van der Waals surface area contributed by atoms with Gasteiger partial charge in [0.05, 0.1) is 6.04 Å². The number of aromatic nitrogens is 1. The van der Waals surface area contributed by atoms with Gasteiger partial charge in [0.25, 0.3) is 0 Å². The molecule has 3 heteroatoms. The summed E-state index contributed by atoms with van der Waals surface area (Å²) in [6, 6.07) is 47.7. The molecule has 2 aliphatic heterocycles. The number of benzene rings is 4. The number of hydrogen-bond acceptors (Lipinski definition) is 1. The van der Waals surface area contributed by atoms with Crippen molar-refractivity contribution in [3.8, 4) is 11.3 Å². The Labute approximate surface area is 212 Å². The molecule has 0 amide bonds. The summed E-state index contributed by atoms with van der Waals surface area (Å²) in [4.78, 5) is 2.46. The largest absolute Gasteiger partial charge is 0.397 e. The van der Waals surface area contributed by atoms with Crippen LogP contribution in [-0.2, 0) is 0 Å². The first-order chi connectivity index (χ1) is 17.9. The van der Waals surface area contributed by atoms with Gasteiger partial charge in [0, 0.05) is 22.7 Å². The average molecular weight is 459 g/mol. The molecule has 0 saturated carbocycles. The van der Waals surface area contributed by atoms with E-state index in [0.717, 1.165) is 0 Å². The SMILES string of the molecule is [B]1N2C(=Cc3ccc(-c4ccccc4)n31)C(c1ccccc1)=C(c1ccccc1)C2c1ccccc1. The lowest BCUT2D eigenvalue weighted by atomic mass is 9.88. The summed E-state index contributed by atoms with van der Waals surface area (Å²) in [5.74, 6) is 0. The second-order valence-electron chi connectivity index (χ2n) is 9.27. The van der Waals surface area contributed by atoms with Crippen molar-refractivity contribution in [1.82, 2.24) is 9.29 Å². The molecule has 5 aromatic rings. The highest BCUT2D eigenvalue weighted by Crippen LogP contribution is 2.53. The van der Waals surface area contributed by atoms with E-state index in [4.69, 9.17) is 0 Å². The van der Waals surface area contributed by atoms with Crippen molar-refractivity contribution in [2.45, 2.75) is 6.04 Å². The van der Waals surface area contributed by atoms with Gasteiger partial charge in [-0.25, -0.2) is 0 Å². The smallest absolute Gasteiger partial charge is 0.387 e. The van der Waals surface area contributed by atoms with Crippen LogP contribution in [0.1, 0.15) is 28.4 Å². The minimum absolute atomic E-state index is 0.0641. The molecule has 1 aromatic heterocycles. The van der Waals surface area contributed by atoms with Crippen LogP contribution in [0.25, 0.3) is 28.5 Å². The Morgan fingerprint density at radius 3 is 1.72 bits per heavy atom. The van der Waals surface area contributed by atoms with E-state index in [1.165, 1.54) is 50.5 Å². The van der Waals surface area contributed by atoms with E-state index in [2.05, 4.69) is 156 Å². The third kappa shape index (κ3) is 3.36. The van der Waals surface area contributed by atoms with E-state index in [0.29, 0.717) is 0 Å². The van der Waals surface area contributed by atoms with Crippen LogP contribution >= 0.6 is 0 Å². The van der Waals surface area contributed by atoms with Gasteiger partial charge in [-0.2, -0.15) is 0 Å². The van der Waals surface area contributed by atoms with Crippen molar-refractivity contribution in [1.29, 1.82) is 0 Å². The molecule has 0 spiro atoms. The Morgan fingerprint density at radius 2 is 1.08 bits per heavy atom. The molecule has 2 nitrogen and oxygen atoms in total. The molecular weight excluding hydrogens is 435 g/mol. The predicted octanol–water partition coefficient (Wildman–Crippen LogP) is 7.56. The van der Waals surface area contributed by atoms with Crippen LogP contribution in [0.2, 0.25) is 0 Å². The standard InChI is InChI=1S/C33H24BN2/c1-5-13-24(14-6-1)29-22-21-28-23-30-31(25-15-7-2-8-16-25)32(26-17-9-3-10-18-26)33(36(30)34-35(28)29)27-19-11-4-12-20-27/h1-23,33H. The minimum Gasteiger partial charge on any atom is -0.387 e. The van der Waals surface area contributed by atoms with Gasteiger partial charge in [-0.05, 0) is 46.0 Å². The van der Waals surface area contributed by atoms with Crippen LogP contribution in [0.5, 0.6) is 0 Å². The maximum atomic E-state index is 2.46. The summed E-state index contributed by atoms with van der Waals surface area (Å²) in [5, 5.41) is 0. The van der Waals surface area contributed by atoms with Gasteiger partial charge >= 0.3 is 7.55 Å². The van der Waals surface area contributed by atoms with Gasteiger partial charge in [-0.1, -0.05) is 121 Å². The number of hydrogen-bond donors (Lipinski definition) is 0. The van der Waals surface area contributed by atoms with E-state index in [-0.39, 0.29) is 6.04 Å². The Hall–Kier alpha value is -4.50. The van der Waals surface area contributed by atoms with Crippen molar-refractivity contribution in [2.75, 3.05) is 0 Å². The first-order valence-electron chi connectivity index (χ1n) is 12.4. The monoisotopic (exact) mass is 459 g/mol. The van der Waals surface area contributed by atoms with Gasteiger partial charge in [0.1, 0.15) is 0 Å². The van der Waals surface area contributed by atoms with E-state index in [9.17, 15) is 0 Å². The number of nitrogens with zero attached hydrogens (tertiary/aromatic N) is 2. The molecule has 4 aromatic carbocycles. The van der Waals surface area contributed by atoms with Crippen molar-refractivity contribution in [3.63, 3.8) is 0 Å². The van der Waals surface area contributed by atoms with E-state index in [1.54, 1.807) is 0 Å². The normalized spacial score (nSPS) is 16.3. The van der Waals surface area contributed by atoms with E-state index in [1.807, 2.05) is 0 Å². The Kier molecular flexibility index (Phi) is 4.99. The first kappa shape index (κ1) is 20.8. The van der Waals surface area contributed by atoms with Crippen LogP contribution in [0.4, 0.5) is 0 Å². The lowest BCUT2D eigenvalue weighted by Crippen LogP contribution is -2.36. The van der Waals surface area contributed by atoms with Crippen molar-refractivity contribution >= 4 is 24.8 Å². The summed E-state index contributed by atoms with van der Waals surface area (Å²) >= 11 is 0. The molecular formula is C33H24BN2. The van der Waals surface area contributed by atoms with Crippen molar-refractivity contribution < 1.29 is 0 Å². The molecule has 0 fully saturated rings. The number of allylic oxidation sites excluding steroid dienone is 1. The molecule has 1 atom stereocenters. The topological polar surface area (TPSA) is 8.17 Å². The van der Waals surface area contributed by atoms with Crippen LogP contribution in [-0.4, -0.2) is 16.8 Å². The molecule has 169 valence electrons. The maximum absolute atomic E-state index is 2.46. The fourth-order valence-electron chi connectivity index (χ4n) is 5.57. The summed E-state index contributed by atoms with van der Waals surface area (Å²) in [5.41, 5.74) is 11.2. The fraction of sp³-hybridized carbons (Fsp3) is 0.0303. The lowest BCUT2D eigenvalue weighted by molar-refractivity contribution is 0.512. The third-order valence-corrected chi connectivity index (χ3v) is 7.16. The predicted molar refractivity (Wildman–Crippen MR) is 150 cm³/mol. The molecule has 1 radical (unpaired) electrons. The van der Waals surface area contributed by atoms with Crippen LogP contribution in [0.15, 0.2) is 139 Å². The van der Waals surface area contributed by atoms with Gasteiger partial charge in [-0.15, -0.1) is 0 Å². The molecule has 2 aliphatic rings. The van der Waals surface area contributed by atoms with Gasteiger partial charge in [0.15, 0.2) is 0 Å². The van der Waals surface area contributed by atoms with Gasteiger partial charge in [-0.3, -0.25) is 0 Å². The van der Waals surface area contributed by atoms with Crippen molar-refractivity contribution in [3.05, 3.63) is 162 Å². The quantitative estimate of drug-likeness (QED) is 0.252. The fourth-order valence-corrected chi connectivity index (χ4v) is 5.57. The summed E-state index contributed by atoms with van der Waals surface area (Å²) in [6.07, 6.45) is 2.35. The highest BCUT2D eigenvalue weighted by molar-refractivity contribution is 6.36. The van der Waals surface area contributed by atoms with Gasteiger partial charge < -0.3 is 9.29 Å². The summed E-state index contributed by atoms with van der Waals surface area (Å²) < 4.78 is 2.32. The molecule has 0 N–H and O–H groups in total. The van der Waals surface area contributed by atoms with Crippen LogP contribution < -0.4 is 0 Å². The Bertz CT molecular complexity index is 1580. The molecule has 0 saturated heterocycles. The van der Waals surface area contributed by atoms with E-state index < -0.39 is 0 Å². The van der Waals surface area contributed by atoms with Gasteiger partial charge in [0.2, 0.25) is 0 Å². The Balaban J connectivity index is 1.49. The molecule has 0 aliphatic carbocycles. The summed E-state index contributed by atoms with van der Waals surface area (Å²) in [6.45, 7) is 0. The zero-order valence-corrected chi connectivity index (χ0v) is 19.8. The molecule has 36 heavy (non-hydrogen) atoms. The third-order valence-electron chi connectivity index (χ3n) is 7.16. The molecule has 3 heterocycles. The summed E-state index contributed by atoms with van der Waals surface area (Å²) in [7, 11) is 2.30. The zero-order chi connectivity index (χ0) is 23.9. The van der Waals surface area contributed by atoms with Crippen molar-refractivity contribution in [2.24, 2.45) is 0 Å². The zero-order valence-electron chi connectivity index (χ0n) is 19.8. The molecule has 0 bridgehead atoms. The second-order valence-corrected chi connectivity index (χ2v) is 9.27. The minimum atomic E-state index is 0.0641. The van der Waals surface area contributed by atoms with Crippen LogP contribution in [0.3, 0.4) is 0 Å².